The van der Waals surface area contributed by atoms with E-state index in [2.05, 4.69) is 4.98 Å². The van der Waals surface area contributed by atoms with Gasteiger partial charge in [0.15, 0.2) is 0 Å². The lowest BCUT2D eigenvalue weighted by Gasteiger charge is -2.12. The Labute approximate surface area is 116 Å². The lowest BCUT2D eigenvalue weighted by Crippen LogP contribution is -2.09. The van der Waals surface area contributed by atoms with E-state index in [-0.39, 0.29) is 5.82 Å². The molecule has 0 aliphatic carbocycles. The van der Waals surface area contributed by atoms with Crippen molar-refractivity contribution in [1.29, 1.82) is 0 Å². The predicted octanol–water partition coefficient (Wildman–Crippen LogP) is 2.79. The summed E-state index contributed by atoms with van der Waals surface area (Å²) >= 11 is 0. The predicted molar refractivity (Wildman–Crippen MR) is 79.3 cm³/mol. The summed E-state index contributed by atoms with van der Waals surface area (Å²) in [5, 5.41) is 0. The first-order valence-electron chi connectivity index (χ1n) is 6.27. The highest BCUT2D eigenvalue weighted by molar-refractivity contribution is 5.75. The highest BCUT2D eigenvalue weighted by Crippen LogP contribution is 2.27. The van der Waals surface area contributed by atoms with E-state index in [1.807, 2.05) is 41.7 Å². The van der Waals surface area contributed by atoms with Gasteiger partial charge in [-0.3, -0.25) is 4.40 Å². The van der Waals surface area contributed by atoms with Gasteiger partial charge in [0.2, 0.25) is 0 Å². The second-order valence-electron chi connectivity index (χ2n) is 4.86. The zero-order valence-corrected chi connectivity index (χ0v) is 11.3. The zero-order chi connectivity index (χ0) is 14.3. The van der Waals surface area contributed by atoms with Crippen molar-refractivity contribution in [2.24, 2.45) is 0 Å². The molecule has 0 fully saturated rings. The zero-order valence-electron chi connectivity index (χ0n) is 11.3. The summed E-state index contributed by atoms with van der Waals surface area (Å²) in [6, 6.07) is 10.1. The molecule has 3 aromatic rings. The third kappa shape index (κ3) is 1.97. The van der Waals surface area contributed by atoms with Crippen LogP contribution >= 0.6 is 0 Å². The maximum absolute atomic E-state index is 13.0. The SMILES string of the molecule is CN(C)c1ccc2nc(-c3ccc(F)cc3)c(N)n2c1. The molecule has 0 atom stereocenters. The molecule has 102 valence electrons. The van der Waals surface area contributed by atoms with Crippen LogP contribution in [0, 0.1) is 5.82 Å². The van der Waals surface area contributed by atoms with Gasteiger partial charge in [0.1, 0.15) is 23.0 Å². The average Bonchev–Trinajstić information content (AvgIpc) is 2.76. The summed E-state index contributed by atoms with van der Waals surface area (Å²) in [6.45, 7) is 0. The van der Waals surface area contributed by atoms with Crippen LogP contribution in [0.4, 0.5) is 15.9 Å². The van der Waals surface area contributed by atoms with Crippen LogP contribution < -0.4 is 10.6 Å². The summed E-state index contributed by atoms with van der Waals surface area (Å²) in [6.07, 6.45) is 1.94. The first-order valence-corrected chi connectivity index (χ1v) is 6.27. The Kier molecular flexibility index (Phi) is 2.82. The molecule has 2 N–H and O–H groups in total. The van der Waals surface area contributed by atoms with Gasteiger partial charge >= 0.3 is 0 Å². The number of hydrogen-bond acceptors (Lipinski definition) is 3. The minimum absolute atomic E-state index is 0.272. The molecule has 0 saturated heterocycles. The first-order chi connectivity index (χ1) is 9.56. The number of imidazole rings is 1. The lowest BCUT2D eigenvalue weighted by atomic mass is 10.1. The third-order valence-corrected chi connectivity index (χ3v) is 3.27. The van der Waals surface area contributed by atoms with Crippen LogP contribution in [0.3, 0.4) is 0 Å². The molecule has 1 aromatic carbocycles. The van der Waals surface area contributed by atoms with Crippen molar-refractivity contribution in [3.05, 3.63) is 48.4 Å². The molecule has 0 aliphatic heterocycles. The minimum atomic E-state index is -0.272. The summed E-state index contributed by atoms with van der Waals surface area (Å²) in [4.78, 5) is 6.51. The number of nitrogens with two attached hydrogens (primary N) is 1. The number of hydrogen-bond donors (Lipinski definition) is 1. The van der Waals surface area contributed by atoms with Gasteiger partial charge in [-0.05, 0) is 36.4 Å². The van der Waals surface area contributed by atoms with Crippen molar-refractivity contribution in [2.75, 3.05) is 24.7 Å². The minimum Gasteiger partial charge on any atom is -0.383 e. The van der Waals surface area contributed by atoms with E-state index >= 15 is 0 Å². The molecule has 0 amide bonds. The Hall–Kier alpha value is -2.56. The molecule has 2 aromatic heterocycles. The van der Waals surface area contributed by atoms with Crippen LogP contribution in [0.15, 0.2) is 42.6 Å². The van der Waals surface area contributed by atoms with Crippen molar-refractivity contribution >= 4 is 17.2 Å². The van der Waals surface area contributed by atoms with Crippen molar-refractivity contribution in [2.45, 2.75) is 0 Å². The monoisotopic (exact) mass is 270 g/mol. The first kappa shape index (κ1) is 12.5. The van der Waals surface area contributed by atoms with E-state index < -0.39 is 0 Å². The molecular weight excluding hydrogens is 255 g/mol. The molecule has 2 heterocycles. The second-order valence-corrected chi connectivity index (χ2v) is 4.86. The lowest BCUT2D eigenvalue weighted by molar-refractivity contribution is 0.628. The Morgan fingerprint density at radius 2 is 1.80 bits per heavy atom. The van der Waals surface area contributed by atoms with Crippen LogP contribution in [-0.2, 0) is 0 Å². The van der Waals surface area contributed by atoms with Gasteiger partial charge in [-0.1, -0.05) is 0 Å². The fourth-order valence-electron chi connectivity index (χ4n) is 2.14. The molecule has 0 spiro atoms. The van der Waals surface area contributed by atoms with E-state index in [1.54, 1.807) is 12.1 Å². The summed E-state index contributed by atoms with van der Waals surface area (Å²) in [5.41, 5.74) is 9.44. The van der Waals surface area contributed by atoms with Crippen molar-refractivity contribution in [1.82, 2.24) is 9.38 Å². The van der Waals surface area contributed by atoms with Crippen LogP contribution in [0.5, 0.6) is 0 Å². The Morgan fingerprint density at radius 1 is 1.10 bits per heavy atom. The number of aromatic nitrogens is 2. The van der Waals surface area contributed by atoms with Gasteiger partial charge < -0.3 is 10.6 Å². The van der Waals surface area contributed by atoms with Gasteiger partial charge in [0.25, 0.3) is 0 Å². The van der Waals surface area contributed by atoms with E-state index in [9.17, 15) is 4.39 Å². The maximum Gasteiger partial charge on any atom is 0.139 e. The van der Waals surface area contributed by atoms with Crippen molar-refractivity contribution in [3.8, 4) is 11.3 Å². The molecule has 0 unspecified atom stereocenters. The summed E-state index contributed by atoms with van der Waals surface area (Å²) < 4.78 is 14.8. The number of benzene rings is 1. The second kappa shape index (κ2) is 4.52. The molecular formula is C15H15FN4. The molecule has 5 heteroatoms. The van der Waals surface area contributed by atoms with Crippen LogP contribution in [0.1, 0.15) is 0 Å². The summed E-state index contributed by atoms with van der Waals surface area (Å²) in [7, 11) is 3.93. The highest BCUT2D eigenvalue weighted by atomic mass is 19.1. The van der Waals surface area contributed by atoms with Crippen LogP contribution in [0.2, 0.25) is 0 Å². The molecule has 0 saturated carbocycles. The largest absolute Gasteiger partial charge is 0.383 e. The van der Waals surface area contributed by atoms with Gasteiger partial charge in [0.05, 0.1) is 5.69 Å². The molecule has 20 heavy (non-hydrogen) atoms. The van der Waals surface area contributed by atoms with Crippen LogP contribution in [0.25, 0.3) is 16.9 Å². The maximum atomic E-state index is 13.0. The van der Waals surface area contributed by atoms with E-state index in [0.29, 0.717) is 11.5 Å². The number of nitrogens with zero attached hydrogens (tertiary/aromatic N) is 3. The van der Waals surface area contributed by atoms with E-state index in [4.69, 9.17) is 5.73 Å². The van der Waals surface area contributed by atoms with E-state index in [1.165, 1.54) is 12.1 Å². The Balaban J connectivity index is 2.17. The fraction of sp³-hybridized carbons (Fsp3) is 0.133. The number of fused-ring (bicyclic) bond motifs is 1. The standard InChI is InChI=1S/C15H15FN4/c1-19(2)12-7-8-13-18-14(15(17)20(13)9-12)10-3-5-11(16)6-4-10/h3-9H,17H2,1-2H3. The molecule has 0 aliphatic rings. The Bertz CT molecular complexity index is 759. The van der Waals surface area contributed by atoms with Gasteiger partial charge in [0, 0.05) is 25.9 Å². The van der Waals surface area contributed by atoms with Crippen molar-refractivity contribution in [3.63, 3.8) is 0 Å². The van der Waals surface area contributed by atoms with E-state index in [0.717, 1.165) is 16.9 Å². The highest BCUT2D eigenvalue weighted by Gasteiger charge is 2.12. The van der Waals surface area contributed by atoms with Gasteiger partial charge in [-0.25, -0.2) is 9.37 Å². The fourth-order valence-corrected chi connectivity index (χ4v) is 2.14. The topological polar surface area (TPSA) is 46.6 Å². The van der Waals surface area contributed by atoms with Crippen molar-refractivity contribution < 1.29 is 4.39 Å². The quantitative estimate of drug-likeness (QED) is 0.779. The average molecular weight is 270 g/mol. The number of pyridine rings is 1. The number of nitrogen functional groups attached to an aromatic ring is 1. The number of rotatable bonds is 2. The molecule has 0 radical (unpaired) electrons. The van der Waals surface area contributed by atoms with Gasteiger partial charge in [-0.15, -0.1) is 0 Å². The molecule has 3 rings (SSSR count). The third-order valence-electron chi connectivity index (χ3n) is 3.27. The number of anilines is 2. The van der Waals surface area contributed by atoms with Crippen LogP contribution in [-0.4, -0.2) is 23.5 Å². The normalized spacial score (nSPS) is 10.9. The molecule has 0 bridgehead atoms. The van der Waals surface area contributed by atoms with Gasteiger partial charge in [-0.2, -0.15) is 0 Å². The summed E-state index contributed by atoms with van der Waals surface area (Å²) in [5.74, 6) is 0.279. The smallest absolute Gasteiger partial charge is 0.139 e. The number of halogens is 1. The Morgan fingerprint density at radius 3 is 2.45 bits per heavy atom. The molecule has 4 nitrogen and oxygen atoms in total.